The minimum Gasteiger partial charge on any atom is -0.353 e. The summed E-state index contributed by atoms with van der Waals surface area (Å²) in [5.74, 6) is -2.33. The number of carbonyl (C=O) groups is 4. The van der Waals surface area contributed by atoms with E-state index in [2.05, 4.69) is 10.6 Å². The van der Waals surface area contributed by atoms with Crippen molar-refractivity contribution in [1.82, 2.24) is 15.5 Å². The van der Waals surface area contributed by atoms with Crippen LogP contribution in [0.1, 0.15) is 21.5 Å². The Morgan fingerprint density at radius 1 is 1.06 bits per heavy atom. The molecule has 0 saturated carbocycles. The Bertz CT molecular complexity index is 1050. The van der Waals surface area contributed by atoms with E-state index in [9.17, 15) is 23.6 Å². The fourth-order valence-corrected chi connectivity index (χ4v) is 3.64. The molecule has 7 nitrogen and oxygen atoms in total. The van der Waals surface area contributed by atoms with Gasteiger partial charge in [0.05, 0.1) is 17.0 Å². The second kappa shape index (κ2) is 10.0. The summed E-state index contributed by atoms with van der Waals surface area (Å²) >= 11 is 0.846. The molecule has 0 aliphatic carbocycles. The number of amides is 4. The van der Waals surface area contributed by atoms with E-state index in [1.165, 1.54) is 18.2 Å². The largest absolute Gasteiger partial charge is 0.353 e. The van der Waals surface area contributed by atoms with E-state index in [1.807, 2.05) is 31.2 Å². The van der Waals surface area contributed by atoms with Crippen LogP contribution in [0.5, 0.6) is 0 Å². The lowest BCUT2D eigenvalue weighted by Gasteiger charge is -2.13. The number of nitrogens with one attached hydrogen (secondary N) is 2. The van der Waals surface area contributed by atoms with Crippen LogP contribution >= 0.6 is 11.8 Å². The van der Waals surface area contributed by atoms with E-state index in [0.29, 0.717) is 4.91 Å². The number of halogens is 1. The number of rotatable bonds is 7. The first-order valence-electron chi connectivity index (χ1n) is 9.46. The molecular formula is C22H20FN3O4S. The lowest BCUT2D eigenvalue weighted by Crippen LogP contribution is -2.41. The number of hydrogen-bond donors (Lipinski definition) is 2. The van der Waals surface area contributed by atoms with Crippen molar-refractivity contribution in [2.24, 2.45) is 0 Å². The monoisotopic (exact) mass is 441 g/mol. The van der Waals surface area contributed by atoms with Gasteiger partial charge in [-0.25, -0.2) is 4.39 Å². The maximum absolute atomic E-state index is 13.6. The molecule has 0 bridgehead atoms. The fraction of sp³-hybridized carbons (Fsp3) is 0.182. The fourth-order valence-electron chi connectivity index (χ4n) is 2.78. The maximum Gasteiger partial charge on any atom is 0.293 e. The van der Waals surface area contributed by atoms with Gasteiger partial charge < -0.3 is 10.6 Å². The third-order valence-electron chi connectivity index (χ3n) is 4.43. The van der Waals surface area contributed by atoms with Crippen LogP contribution in [-0.4, -0.2) is 47.5 Å². The molecule has 2 N–H and O–H groups in total. The molecule has 160 valence electrons. The van der Waals surface area contributed by atoms with Gasteiger partial charge in [-0.2, -0.15) is 0 Å². The van der Waals surface area contributed by atoms with Crippen molar-refractivity contribution in [2.75, 3.05) is 19.6 Å². The van der Waals surface area contributed by atoms with Gasteiger partial charge in [0.1, 0.15) is 5.82 Å². The summed E-state index contributed by atoms with van der Waals surface area (Å²) in [5.41, 5.74) is 1.74. The highest BCUT2D eigenvalue weighted by atomic mass is 32.2. The minimum absolute atomic E-state index is 0.00288. The van der Waals surface area contributed by atoms with Crippen LogP contribution in [-0.2, 0) is 9.59 Å². The van der Waals surface area contributed by atoms with Gasteiger partial charge in [0, 0.05) is 13.1 Å². The summed E-state index contributed by atoms with van der Waals surface area (Å²) in [6, 6.07) is 13.0. The van der Waals surface area contributed by atoms with Crippen LogP contribution in [0, 0.1) is 12.7 Å². The molecule has 1 heterocycles. The average Bonchev–Trinajstić information content (AvgIpc) is 3.01. The standard InChI is InChI=1S/C22H20FN3O4S/c1-14-6-8-15(9-7-14)12-18-21(29)26(22(30)31-18)11-10-24-19(27)13-25-20(28)16-4-2-3-5-17(16)23/h2-9,12H,10-11,13H2,1H3,(H,24,27)(H,25,28)/b18-12-. The Hall–Kier alpha value is -3.46. The van der Waals surface area contributed by atoms with Crippen molar-refractivity contribution in [3.8, 4) is 0 Å². The van der Waals surface area contributed by atoms with Crippen LogP contribution in [0.25, 0.3) is 6.08 Å². The summed E-state index contributed by atoms with van der Waals surface area (Å²) in [4.78, 5) is 49.8. The topological polar surface area (TPSA) is 95.6 Å². The molecule has 2 aromatic carbocycles. The number of imide groups is 1. The third kappa shape index (κ3) is 5.79. The van der Waals surface area contributed by atoms with Crippen molar-refractivity contribution in [3.05, 3.63) is 75.9 Å². The van der Waals surface area contributed by atoms with Crippen molar-refractivity contribution in [1.29, 1.82) is 0 Å². The molecule has 3 rings (SSSR count). The van der Waals surface area contributed by atoms with Gasteiger partial charge in [0.15, 0.2) is 0 Å². The van der Waals surface area contributed by atoms with E-state index in [-0.39, 0.29) is 25.2 Å². The maximum atomic E-state index is 13.6. The molecule has 1 fully saturated rings. The number of thioether (sulfide) groups is 1. The lowest BCUT2D eigenvalue weighted by molar-refractivity contribution is -0.124. The molecule has 0 unspecified atom stereocenters. The van der Waals surface area contributed by atoms with Crippen LogP contribution in [0.3, 0.4) is 0 Å². The number of aryl methyl sites for hydroxylation is 1. The van der Waals surface area contributed by atoms with Crippen molar-refractivity contribution in [2.45, 2.75) is 6.92 Å². The van der Waals surface area contributed by atoms with E-state index in [1.54, 1.807) is 6.08 Å². The van der Waals surface area contributed by atoms with Crippen LogP contribution in [0.4, 0.5) is 9.18 Å². The van der Waals surface area contributed by atoms with Gasteiger partial charge in [0.2, 0.25) is 5.91 Å². The molecule has 1 aliphatic rings. The summed E-state index contributed by atoms with van der Waals surface area (Å²) in [6.45, 7) is 1.63. The molecule has 1 aliphatic heterocycles. The Kier molecular flexibility index (Phi) is 7.19. The molecule has 2 aromatic rings. The third-order valence-corrected chi connectivity index (χ3v) is 5.34. The molecule has 9 heteroatoms. The second-order valence-electron chi connectivity index (χ2n) is 6.76. The summed E-state index contributed by atoms with van der Waals surface area (Å²) in [6.07, 6.45) is 1.65. The molecule has 0 radical (unpaired) electrons. The van der Waals surface area contributed by atoms with Gasteiger partial charge >= 0.3 is 0 Å². The molecule has 4 amide bonds. The van der Waals surface area contributed by atoms with Crippen LogP contribution < -0.4 is 10.6 Å². The molecule has 0 aromatic heterocycles. The Morgan fingerprint density at radius 3 is 2.48 bits per heavy atom. The summed E-state index contributed by atoms with van der Waals surface area (Å²) < 4.78 is 13.6. The van der Waals surface area contributed by atoms with Gasteiger partial charge in [-0.15, -0.1) is 0 Å². The quantitative estimate of drug-likeness (QED) is 0.645. The number of hydrogen-bond acceptors (Lipinski definition) is 5. The SMILES string of the molecule is Cc1ccc(/C=C2\SC(=O)N(CCNC(=O)CNC(=O)c3ccccc3F)C2=O)cc1. The second-order valence-corrected chi connectivity index (χ2v) is 7.75. The molecule has 0 atom stereocenters. The molecular weight excluding hydrogens is 421 g/mol. The first kappa shape index (κ1) is 22.2. The normalized spacial score (nSPS) is 14.8. The Balaban J connectivity index is 1.46. The molecule has 1 saturated heterocycles. The zero-order valence-electron chi connectivity index (χ0n) is 16.7. The van der Waals surface area contributed by atoms with E-state index in [4.69, 9.17) is 0 Å². The number of nitrogens with zero attached hydrogens (tertiary/aromatic N) is 1. The predicted octanol–water partition coefficient (Wildman–Crippen LogP) is 2.72. The van der Waals surface area contributed by atoms with E-state index in [0.717, 1.165) is 33.9 Å². The highest BCUT2D eigenvalue weighted by Gasteiger charge is 2.34. The van der Waals surface area contributed by atoms with Crippen LogP contribution in [0.2, 0.25) is 0 Å². The molecule has 31 heavy (non-hydrogen) atoms. The molecule has 0 spiro atoms. The minimum atomic E-state index is -0.708. The zero-order chi connectivity index (χ0) is 22.4. The van der Waals surface area contributed by atoms with Gasteiger partial charge in [-0.1, -0.05) is 42.0 Å². The van der Waals surface area contributed by atoms with Gasteiger partial charge in [0.25, 0.3) is 17.1 Å². The average molecular weight is 441 g/mol. The smallest absolute Gasteiger partial charge is 0.293 e. The van der Waals surface area contributed by atoms with Crippen molar-refractivity contribution >= 4 is 40.8 Å². The first-order chi connectivity index (χ1) is 14.8. The Labute approximate surface area is 182 Å². The lowest BCUT2D eigenvalue weighted by atomic mass is 10.1. The zero-order valence-corrected chi connectivity index (χ0v) is 17.5. The van der Waals surface area contributed by atoms with Crippen LogP contribution in [0.15, 0.2) is 53.4 Å². The highest BCUT2D eigenvalue weighted by Crippen LogP contribution is 2.31. The van der Waals surface area contributed by atoms with E-state index >= 15 is 0 Å². The van der Waals surface area contributed by atoms with Gasteiger partial charge in [-0.05, 0) is 42.5 Å². The van der Waals surface area contributed by atoms with Crippen molar-refractivity contribution in [3.63, 3.8) is 0 Å². The summed E-state index contributed by atoms with van der Waals surface area (Å²) in [5, 5.41) is 4.43. The van der Waals surface area contributed by atoms with Crippen molar-refractivity contribution < 1.29 is 23.6 Å². The van der Waals surface area contributed by atoms with Gasteiger partial charge in [-0.3, -0.25) is 24.1 Å². The van der Waals surface area contributed by atoms with E-state index < -0.39 is 28.8 Å². The number of benzene rings is 2. The predicted molar refractivity (Wildman–Crippen MR) is 116 cm³/mol. The Morgan fingerprint density at radius 2 is 1.77 bits per heavy atom. The highest BCUT2D eigenvalue weighted by molar-refractivity contribution is 8.18. The first-order valence-corrected chi connectivity index (χ1v) is 10.3. The summed E-state index contributed by atoms with van der Waals surface area (Å²) in [7, 11) is 0. The number of carbonyl (C=O) groups excluding carboxylic acids is 4.